The highest BCUT2D eigenvalue weighted by Crippen LogP contribution is 2.37. The standard InChI is InChI=1S/C23H30ClNO4/c1-6-27-20-10-17-7-15(4)29-21(17)11-18(20)13-25-12-16-8-19(24)23(28-14(2)3)22(9-16)26-5/h8-11,14-15,25H,6-7,12-13H2,1-5H3/t15-/m0/s1. The molecule has 0 amide bonds. The van der Waals surface area contributed by atoms with E-state index in [9.17, 15) is 0 Å². The molecule has 0 aromatic heterocycles. The van der Waals surface area contributed by atoms with Gasteiger partial charge in [-0.1, -0.05) is 11.6 Å². The van der Waals surface area contributed by atoms with Crippen molar-refractivity contribution in [2.24, 2.45) is 0 Å². The molecular weight excluding hydrogens is 390 g/mol. The van der Waals surface area contributed by atoms with Gasteiger partial charge >= 0.3 is 0 Å². The van der Waals surface area contributed by atoms with Crippen molar-refractivity contribution in [2.75, 3.05) is 13.7 Å². The topological polar surface area (TPSA) is 49.0 Å². The minimum Gasteiger partial charge on any atom is -0.494 e. The number of fused-ring (bicyclic) bond motifs is 1. The Bertz CT molecular complexity index is 853. The molecule has 2 aromatic carbocycles. The second-order valence-corrected chi connectivity index (χ2v) is 7.92. The first-order valence-corrected chi connectivity index (χ1v) is 10.5. The first-order valence-electron chi connectivity index (χ1n) is 10.1. The molecule has 2 aromatic rings. The fourth-order valence-electron chi connectivity index (χ4n) is 3.48. The van der Waals surface area contributed by atoms with E-state index < -0.39 is 0 Å². The third-order valence-corrected chi connectivity index (χ3v) is 4.95. The van der Waals surface area contributed by atoms with E-state index in [2.05, 4.69) is 24.4 Å². The summed E-state index contributed by atoms with van der Waals surface area (Å²) in [7, 11) is 1.62. The van der Waals surface area contributed by atoms with Gasteiger partial charge in [0, 0.05) is 30.6 Å². The summed E-state index contributed by atoms with van der Waals surface area (Å²) in [6.45, 7) is 9.93. The monoisotopic (exact) mass is 419 g/mol. The summed E-state index contributed by atoms with van der Waals surface area (Å²) in [5.74, 6) is 3.08. The van der Waals surface area contributed by atoms with Crippen LogP contribution in [0.5, 0.6) is 23.0 Å². The van der Waals surface area contributed by atoms with Gasteiger partial charge in [-0.2, -0.15) is 0 Å². The van der Waals surface area contributed by atoms with Gasteiger partial charge in [0.1, 0.15) is 17.6 Å². The molecule has 1 atom stereocenters. The average molecular weight is 420 g/mol. The van der Waals surface area contributed by atoms with E-state index in [0.29, 0.717) is 36.2 Å². The second kappa shape index (κ2) is 9.59. The van der Waals surface area contributed by atoms with Crippen LogP contribution in [0.25, 0.3) is 0 Å². The van der Waals surface area contributed by atoms with Crippen LogP contribution in [0.4, 0.5) is 0 Å². The fraction of sp³-hybridized carbons (Fsp3) is 0.478. The molecule has 0 spiro atoms. The number of nitrogens with one attached hydrogen (secondary N) is 1. The summed E-state index contributed by atoms with van der Waals surface area (Å²) >= 11 is 6.43. The van der Waals surface area contributed by atoms with E-state index in [-0.39, 0.29) is 12.2 Å². The zero-order valence-electron chi connectivity index (χ0n) is 17.8. The fourth-order valence-corrected chi connectivity index (χ4v) is 3.75. The van der Waals surface area contributed by atoms with Gasteiger partial charge in [0.25, 0.3) is 0 Å². The molecule has 0 radical (unpaired) electrons. The molecule has 1 aliphatic rings. The maximum Gasteiger partial charge on any atom is 0.180 e. The van der Waals surface area contributed by atoms with Crippen molar-refractivity contribution in [3.8, 4) is 23.0 Å². The molecule has 1 N–H and O–H groups in total. The van der Waals surface area contributed by atoms with Crippen molar-refractivity contribution in [1.82, 2.24) is 5.32 Å². The summed E-state index contributed by atoms with van der Waals surface area (Å²) in [6, 6.07) is 8.06. The number of ether oxygens (including phenoxy) is 4. The SMILES string of the molecule is CCOc1cc2c(cc1CNCc1cc(Cl)c(OC(C)C)c(OC)c1)O[C@@H](C)C2. The average Bonchev–Trinajstić information content (AvgIpc) is 3.02. The number of hydrogen-bond donors (Lipinski definition) is 1. The molecule has 0 saturated heterocycles. The van der Waals surface area contributed by atoms with Crippen molar-refractivity contribution in [3.05, 3.63) is 46.0 Å². The van der Waals surface area contributed by atoms with Crippen LogP contribution >= 0.6 is 11.6 Å². The molecular formula is C23H30ClNO4. The van der Waals surface area contributed by atoms with E-state index in [0.717, 1.165) is 29.0 Å². The molecule has 6 heteroatoms. The Labute approximate surface area is 178 Å². The van der Waals surface area contributed by atoms with Crippen molar-refractivity contribution in [1.29, 1.82) is 0 Å². The van der Waals surface area contributed by atoms with Gasteiger partial charge in [-0.05, 0) is 57.5 Å². The molecule has 158 valence electrons. The van der Waals surface area contributed by atoms with Crippen LogP contribution in [-0.4, -0.2) is 25.9 Å². The molecule has 0 aliphatic carbocycles. The van der Waals surface area contributed by atoms with Crippen LogP contribution in [0.15, 0.2) is 24.3 Å². The predicted molar refractivity (Wildman–Crippen MR) is 116 cm³/mol. The van der Waals surface area contributed by atoms with Gasteiger partial charge in [0.15, 0.2) is 11.5 Å². The summed E-state index contributed by atoms with van der Waals surface area (Å²) in [5.41, 5.74) is 3.31. The van der Waals surface area contributed by atoms with E-state index in [1.54, 1.807) is 7.11 Å². The Hall–Kier alpha value is -2.11. The minimum absolute atomic E-state index is 0.0205. The van der Waals surface area contributed by atoms with E-state index >= 15 is 0 Å². The van der Waals surface area contributed by atoms with Gasteiger partial charge in [-0.3, -0.25) is 0 Å². The Kier molecular flexibility index (Phi) is 7.14. The molecule has 5 nitrogen and oxygen atoms in total. The quantitative estimate of drug-likeness (QED) is 0.609. The molecule has 1 heterocycles. The predicted octanol–water partition coefficient (Wildman–Crippen LogP) is 5.15. The van der Waals surface area contributed by atoms with Gasteiger partial charge in [-0.15, -0.1) is 0 Å². The van der Waals surface area contributed by atoms with E-state index in [1.165, 1.54) is 5.56 Å². The van der Waals surface area contributed by atoms with Crippen molar-refractivity contribution < 1.29 is 18.9 Å². The number of methoxy groups -OCH3 is 1. The smallest absolute Gasteiger partial charge is 0.180 e. The lowest BCUT2D eigenvalue weighted by Gasteiger charge is -2.17. The highest BCUT2D eigenvalue weighted by Gasteiger charge is 2.22. The molecule has 3 rings (SSSR count). The first kappa shape index (κ1) is 21.6. The molecule has 1 aliphatic heterocycles. The summed E-state index contributed by atoms with van der Waals surface area (Å²) in [6.07, 6.45) is 1.16. The summed E-state index contributed by atoms with van der Waals surface area (Å²) in [4.78, 5) is 0. The zero-order chi connectivity index (χ0) is 21.0. The number of rotatable bonds is 9. The van der Waals surface area contributed by atoms with Crippen molar-refractivity contribution in [3.63, 3.8) is 0 Å². The Morgan fingerprint density at radius 2 is 1.97 bits per heavy atom. The van der Waals surface area contributed by atoms with Crippen LogP contribution in [0.1, 0.15) is 44.4 Å². The van der Waals surface area contributed by atoms with Gasteiger partial charge in [0.2, 0.25) is 0 Å². The number of halogens is 1. The largest absolute Gasteiger partial charge is 0.494 e. The molecule has 0 unspecified atom stereocenters. The summed E-state index contributed by atoms with van der Waals surface area (Å²) < 4.78 is 23.0. The Morgan fingerprint density at radius 3 is 2.66 bits per heavy atom. The van der Waals surface area contributed by atoms with Crippen LogP contribution in [-0.2, 0) is 19.5 Å². The second-order valence-electron chi connectivity index (χ2n) is 7.51. The maximum atomic E-state index is 6.43. The van der Waals surface area contributed by atoms with Crippen LogP contribution in [0, 0.1) is 0 Å². The van der Waals surface area contributed by atoms with Crippen LogP contribution < -0.4 is 24.3 Å². The van der Waals surface area contributed by atoms with Crippen LogP contribution in [0.3, 0.4) is 0 Å². The van der Waals surface area contributed by atoms with Crippen LogP contribution in [0.2, 0.25) is 5.02 Å². The number of hydrogen-bond acceptors (Lipinski definition) is 5. The van der Waals surface area contributed by atoms with E-state index in [4.69, 9.17) is 30.5 Å². The number of benzene rings is 2. The normalized spacial score (nSPS) is 15.2. The van der Waals surface area contributed by atoms with Crippen molar-refractivity contribution in [2.45, 2.75) is 59.4 Å². The zero-order valence-corrected chi connectivity index (χ0v) is 18.6. The first-order chi connectivity index (χ1) is 13.9. The van der Waals surface area contributed by atoms with Gasteiger partial charge in [0.05, 0.1) is 24.8 Å². The molecule has 0 fully saturated rings. The highest BCUT2D eigenvalue weighted by molar-refractivity contribution is 6.32. The molecule has 0 bridgehead atoms. The van der Waals surface area contributed by atoms with Gasteiger partial charge in [-0.25, -0.2) is 0 Å². The third kappa shape index (κ3) is 5.28. The minimum atomic E-state index is 0.0205. The van der Waals surface area contributed by atoms with Gasteiger partial charge < -0.3 is 24.3 Å². The van der Waals surface area contributed by atoms with E-state index in [1.807, 2.05) is 32.9 Å². The lowest BCUT2D eigenvalue weighted by molar-refractivity contribution is 0.230. The lowest BCUT2D eigenvalue weighted by atomic mass is 10.1. The maximum absolute atomic E-state index is 6.43. The Morgan fingerprint density at radius 1 is 1.17 bits per heavy atom. The highest BCUT2D eigenvalue weighted by atomic mass is 35.5. The van der Waals surface area contributed by atoms with Crippen molar-refractivity contribution >= 4 is 11.6 Å². The molecule has 0 saturated carbocycles. The third-order valence-electron chi connectivity index (χ3n) is 4.67. The summed E-state index contributed by atoms with van der Waals surface area (Å²) in [5, 5.41) is 4.01. The Balaban J connectivity index is 1.71. The lowest BCUT2D eigenvalue weighted by Crippen LogP contribution is -2.14. The molecule has 29 heavy (non-hydrogen) atoms.